The maximum absolute atomic E-state index is 13.2. The molecule has 0 radical (unpaired) electrons. The van der Waals surface area contributed by atoms with E-state index in [2.05, 4.69) is 29.4 Å². The second-order valence-corrected chi connectivity index (χ2v) is 10.2. The van der Waals surface area contributed by atoms with Crippen molar-refractivity contribution in [2.45, 2.75) is 78.4 Å². The molecule has 0 bridgehead atoms. The lowest BCUT2D eigenvalue weighted by molar-refractivity contribution is -0.138. The van der Waals surface area contributed by atoms with Gasteiger partial charge in [-0.05, 0) is 58.1 Å². The van der Waals surface area contributed by atoms with Crippen molar-refractivity contribution < 1.29 is 14.4 Å². The van der Waals surface area contributed by atoms with Crippen molar-refractivity contribution in [1.82, 2.24) is 20.4 Å². The normalized spacial score (nSPS) is 17.8. The first-order chi connectivity index (χ1) is 16.6. The highest BCUT2D eigenvalue weighted by Gasteiger charge is 2.34. The molecule has 0 aromatic heterocycles. The van der Waals surface area contributed by atoms with Gasteiger partial charge in [-0.1, -0.05) is 56.7 Å². The third-order valence-corrected chi connectivity index (χ3v) is 6.69. The van der Waals surface area contributed by atoms with E-state index in [1.165, 1.54) is 5.56 Å². The van der Waals surface area contributed by atoms with E-state index in [1.807, 2.05) is 44.2 Å². The predicted molar refractivity (Wildman–Crippen MR) is 141 cm³/mol. The Balaban J connectivity index is 1.90. The molecule has 0 saturated carbocycles. The highest BCUT2D eigenvalue weighted by Crippen LogP contribution is 2.20. The number of carbonyl (C=O) groups is 3. The molecule has 7 heteroatoms. The van der Waals surface area contributed by atoms with Crippen LogP contribution in [0, 0.1) is 5.92 Å². The Labute approximate surface area is 211 Å². The van der Waals surface area contributed by atoms with Crippen LogP contribution in [-0.2, 0) is 20.8 Å². The molecule has 2 atom stereocenters. The monoisotopic (exact) mass is 484 g/mol. The van der Waals surface area contributed by atoms with Gasteiger partial charge in [0, 0.05) is 31.8 Å². The molecule has 2 N–H and O–H groups in total. The molecule has 35 heavy (non-hydrogen) atoms. The minimum Gasteiger partial charge on any atom is -0.352 e. The zero-order chi connectivity index (χ0) is 26.0. The summed E-state index contributed by atoms with van der Waals surface area (Å²) in [7, 11) is 1.71. The number of likely N-dealkylation sites (N-methyl/N-ethyl adjacent to an activating group) is 1. The maximum atomic E-state index is 13.2. The van der Waals surface area contributed by atoms with Gasteiger partial charge in [0.2, 0.25) is 17.7 Å². The zero-order valence-corrected chi connectivity index (χ0v) is 22.3. The number of carbonyl (C=O) groups excluding carboxylic acids is 3. The van der Waals surface area contributed by atoms with Crippen LogP contribution in [0.2, 0.25) is 0 Å². The minimum atomic E-state index is -0.600. The first kappa shape index (κ1) is 28.6. The smallest absolute Gasteiger partial charge is 0.246 e. The van der Waals surface area contributed by atoms with E-state index in [-0.39, 0.29) is 35.7 Å². The quantitative estimate of drug-likeness (QED) is 0.473. The number of hydrogen-bond acceptors (Lipinski definition) is 4. The lowest BCUT2D eigenvalue weighted by Gasteiger charge is -2.38. The van der Waals surface area contributed by atoms with Gasteiger partial charge in [0.15, 0.2) is 0 Å². The van der Waals surface area contributed by atoms with Crippen LogP contribution in [-0.4, -0.2) is 72.3 Å². The van der Waals surface area contributed by atoms with Gasteiger partial charge in [-0.25, -0.2) is 0 Å². The van der Waals surface area contributed by atoms with E-state index in [1.54, 1.807) is 24.9 Å². The first-order valence-corrected chi connectivity index (χ1v) is 12.9. The van der Waals surface area contributed by atoms with Crippen molar-refractivity contribution in [3.63, 3.8) is 0 Å². The van der Waals surface area contributed by atoms with Gasteiger partial charge in [0.25, 0.3) is 0 Å². The third-order valence-electron chi connectivity index (χ3n) is 6.69. The predicted octanol–water partition coefficient (Wildman–Crippen LogP) is 3.15. The standard InChI is InChI=1S/C28H44N4O3/c1-20(2)25(30-27(34)24-14-10-11-18-32(24)21(3)4)28(35)31(6)19-16-22(5)26(33)29-17-15-23-12-8-7-9-13-23/h7-9,12-13,16,20-21,24-25H,10-11,14-15,17-19H2,1-6H3,(H,29,33)(H,30,34)/b22-16+. The van der Waals surface area contributed by atoms with E-state index in [4.69, 9.17) is 0 Å². The van der Waals surface area contributed by atoms with Crippen LogP contribution in [0.1, 0.15) is 59.4 Å². The largest absolute Gasteiger partial charge is 0.352 e. The Morgan fingerprint density at radius 2 is 1.80 bits per heavy atom. The highest BCUT2D eigenvalue weighted by atomic mass is 16.2. The fourth-order valence-corrected chi connectivity index (χ4v) is 4.41. The molecule has 1 heterocycles. The van der Waals surface area contributed by atoms with Crippen LogP contribution in [0.5, 0.6) is 0 Å². The number of rotatable bonds is 11. The molecule has 194 valence electrons. The van der Waals surface area contributed by atoms with Gasteiger partial charge in [-0.3, -0.25) is 19.3 Å². The Morgan fingerprint density at radius 3 is 2.43 bits per heavy atom. The van der Waals surface area contributed by atoms with Gasteiger partial charge in [0.05, 0.1) is 6.04 Å². The van der Waals surface area contributed by atoms with Gasteiger partial charge in [-0.2, -0.15) is 0 Å². The Morgan fingerprint density at radius 1 is 1.11 bits per heavy atom. The SMILES string of the molecule is C/C(=C\CN(C)C(=O)C(NC(=O)C1CCCCN1C(C)C)C(C)C)C(=O)NCCc1ccccc1. The molecular formula is C28H44N4O3. The van der Waals surface area contributed by atoms with E-state index in [0.29, 0.717) is 18.7 Å². The summed E-state index contributed by atoms with van der Waals surface area (Å²) in [5.41, 5.74) is 1.74. The Hall–Kier alpha value is -2.67. The summed E-state index contributed by atoms with van der Waals surface area (Å²) < 4.78 is 0. The summed E-state index contributed by atoms with van der Waals surface area (Å²) >= 11 is 0. The van der Waals surface area contributed by atoms with Gasteiger partial charge >= 0.3 is 0 Å². The first-order valence-electron chi connectivity index (χ1n) is 12.9. The molecule has 0 spiro atoms. The number of amides is 3. The minimum absolute atomic E-state index is 0.0450. The molecule has 1 fully saturated rings. The van der Waals surface area contributed by atoms with Crippen LogP contribution < -0.4 is 10.6 Å². The van der Waals surface area contributed by atoms with Crippen molar-refractivity contribution in [3.8, 4) is 0 Å². The van der Waals surface area contributed by atoms with Gasteiger partial charge < -0.3 is 15.5 Å². The molecular weight excluding hydrogens is 440 g/mol. The molecule has 1 saturated heterocycles. The van der Waals surface area contributed by atoms with Crippen molar-refractivity contribution >= 4 is 17.7 Å². The second kappa shape index (κ2) is 14.0. The summed E-state index contributed by atoms with van der Waals surface area (Å²) in [5.74, 6) is -0.393. The number of nitrogens with zero attached hydrogens (tertiary/aromatic N) is 2. The molecule has 1 aromatic carbocycles. The second-order valence-electron chi connectivity index (χ2n) is 10.2. The van der Waals surface area contributed by atoms with E-state index >= 15 is 0 Å². The molecule has 1 aliphatic heterocycles. The third kappa shape index (κ3) is 8.80. The summed E-state index contributed by atoms with van der Waals surface area (Å²) in [4.78, 5) is 42.5. The van der Waals surface area contributed by atoms with Crippen LogP contribution in [0.25, 0.3) is 0 Å². The summed E-state index contributed by atoms with van der Waals surface area (Å²) in [6.07, 6.45) is 5.47. The summed E-state index contributed by atoms with van der Waals surface area (Å²) in [6.45, 7) is 11.6. The topological polar surface area (TPSA) is 81.8 Å². The van der Waals surface area contributed by atoms with Gasteiger partial charge in [0.1, 0.15) is 6.04 Å². The lowest BCUT2D eigenvalue weighted by Crippen LogP contribution is -2.57. The summed E-state index contributed by atoms with van der Waals surface area (Å²) in [5, 5.41) is 5.96. The van der Waals surface area contributed by atoms with Crippen molar-refractivity contribution in [2.24, 2.45) is 5.92 Å². The molecule has 1 aromatic rings. The lowest BCUT2D eigenvalue weighted by atomic mass is 9.97. The molecule has 1 aliphatic rings. The van der Waals surface area contributed by atoms with E-state index in [0.717, 1.165) is 32.2 Å². The van der Waals surface area contributed by atoms with Crippen molar-refractivity contribution in [1.29, 1.82) is 0 Å². The fourth-order valence-electron chi connectivity index (χ4n) is 4.41. The average molecular weight is 485 g/mol. The molecule has 2 unspecified atom stereocenters. The number of benzene rings is 1. The average Bonchev–Trinajstić information content (AvgIpc) is 2.85. The molecule has 2 rings (SSSR count). The van der Waals surface area contributed by atoms with Crippen LogP contribution in [0.4, 0.5) is 0 Å². The van der Waals surface area contributed by atoms with E-state index in [9.17, 15) is 14.4 Å². The van der Waals surface area contributed by atoms with Crippen molar-refractivity contribution in [3.05, 3.63) is 47.5 Å². The zero-order valence-electron chi connectivity index (χ0n) is 22.3. The molecule has 7 nitrogen and oxygen atoms in total. The van der Waals surface area contributed by atoms with Gasteiger partial charge in [-0.15, -0.1) is 0 Å². The highest BCUT2D eigenvalue weighted by molar-refractivity contribution is 5.93. The van der Waals surface area contributed by atoms with Crippen LogP contribution >= 0.6 is 0 Å². The maximum Gasteiger partial charge on any atom is 0.246 e. The fraction of sp³-hybridized carbons (Fsp3) is 0.607. The van der Waals surface area contributed by atoms with E-state index < -0.39 is 6.04 Å². The molecule has 0 aliphatic carbocycles. The molecule has 3 amide bonds. The Kier molecular flexibility index (Phi) is 11.4. The Bertz CT molecular complexity index is 866. The van der Waals surface area contributed by atoms with Crippen LogP contribution in [0.15, 0.2) is 42.0 Å². The van der Waals surface area contributed by atoms with Crippen molar-refractivity contribution in [2.75, 3.05) is 26.7 Å². The number of hydrogen-bond donors (Lipinski definition) is 2. The summed E-state index contributed by atoms with van der Waals surface area (Å²) in [6, 6.07) is 9.51. The number of nitrogens with one attached hydrogen (secondary N) is 2. The van der Waals surface area contributed by atoms with Crippen LogP contribution in [0.3, 0.4) is 0 Å². The number of likely N-dealkylation sites (tertiary alicyclic amines) is 1. The number of piperidine rings is 1.